The SMILES string of the molecule is CCCc1ccc(Nc2ncc(C(F)(F)F)c(Nc3ccc(F)cc3)n2)cc1. The van der Waals surface area contributed by atoms with Gasteiger partial charge in [-0.25, -0.2) is 9.37 Å². The van der Waals surface area contributed by atoms with Crippen molar-refractivity contribution in [2.75, 3.05) is 10.6 Å². The predicted molar refractivity (Wildman–Crippen MR) is 100 cm³/mol. The lowest BCUT2D eigenvalue weighted by Crippen LogP contribution is -2.12. The molecule has 1 aromatic heterocycles. The second-order valence-electron chi connectivity index (χ2n) is 6.16. The Labute approximate surface area is 159 Å². The Hall–Kier alpha value is -3.16. The maximum Gasteiger partial charge on any atom is 0.421 e. The van der Waals surface area contributed by atoms with Gasteiger partial charge in [-0.15, -0.1) is 0 Å². The molecule has 2 N–H and O–H groups in total. The molecule has 0 unspecified atom stereocenters. The molecule has 0 bridgehead atoms. The van der Waals surface area contributed by atoms with Crippen molar-refractivity contribution >= 4 is 23.1 Å². The van der Waals surface area contributed by atoms with Gasteiger partial charge in [0.1, 0.15) is 17.2 Å². The standard InChI is InChI=1S/C20H18F4N4/c1-2-3-13-4-8-16(9-5-13)27-19-25-12-17(20(22,23)24)18(28-19)26-15-10-6-14(21)7-11-15/h4-12H,2-3H2,1H3,(H2,25,26,27,28). The number of aryl methyl sites for hydroxylation is 1. The van der Waals surface area contributed by atoms with Gasteiger partial charge in [-0.05, 0) is 48.4 Å². The Bertz CT molecular complexity index is 922. The molecule has 0 amide bonds. The zero-order chi connectivity index (χ0) is 20.1. The zero-order valence-corrected chi connectivity index (χ0v) is 15.0. The summed E-state index contributed by atoms with van der Waals surface area (Å²) in [7, 11) is 0. The van der Waals surface area contributed by atoms with Gasteiger partial charge < -0.3 is 10.6 Å². The van der Waals surface area contributed by atoms with Crippen molar-refractivity contribution < 1.29 is 17.6 Å². The largest absolute Gasteiger partial charge is 0.421 e. The second-order valence-corrected chi connectivity index (χ2v) is 6.16. The molecule has 0 saturated heterocycles. The molecule has 1 heterocycles. The van der Waals surface area contributed by atoms with E-state index >= 15 is 0 Å². The van der Waals surface area contributed by atoms with E-state index < -0.39 is 23.4 Å². The summed E-state index contributed by atoms with van der Waals surface area (Å²) >= 11 is 0. The number of rotatable bonds is 6. The predicted octanol–water partition coefficient (Wildman–Crippen LogP) is 6.07. The smallest absolute Gasteiger partial charge is 0.340 e. The van der Waals surface area contributed by atoms with E-state index in [2.05, 4.69) is 27.5 Å². The van der Waals surface area contributed by atoms with Gasteiger partial charge in [0, 0.05) is 17.6 Å². The van der Waals surface area contributed by atoms with Crippen LogP contribution < -0.4 is 10.6 Å². The molecule has 2 aromatic carbocycles. The van der Waals surface area contributed by atoms with E-state index in [1.807, 2.05) is 24.3 Å². The molecule has 3 aromatic rings. The van der Waals surface area contributed by atoms with Crippen LogP contribution >= 0.6 is 0 Å². The summed E-state index contributed by atoms with van der Waals surface area (Å²) in [6.45, 7) is 2.08. The Morgan fingerprint density at radius 2 is 1.50 bits per heavy atom. The molecule has 0 spiro atoms. The van der Waals surface area contributed by atoms with Crippen LogP contribution in [0.1, 0.15) is 24.5 Å². The van der Waals surface area contributed by atoms with E-state index in [9.17, 15) is 17.6 Å². The molecule has 146 valence electrons. The summed E-state index contributed by atoms with van der Waals surface area (Å²) in [6, 6.07) is 12.5. The number of hydrogen-bond donors (Lipinski definition) is 2. The van der Waals surface area contributed by atoms with Crippen molar-refractivity contribution in [3.63, 3.8) is 0 Å². The van der Waals surface area contributed by atoms with E-state index in [0.717, 1.165) is 25.0 Å². The van der Waals surface area contributed by atoms with Gasteiger partial charge >= 0.3 is 6.18 Å². The first-order valence-corrected chi connectivity index (χ1v) is 8.68. The van der Waals surface area contributed by atoms with Gasteiger partial charge in [-0.1, -0.05) is 25.5 Å². The molecule has 0 saturated carbocycles. The number of nitrogens with zero attached hydrogens (tertiary/aromatic N) is 2. The quantitative estimate of drug-likeness (QED) is 0.501. The molecule has 28 heavy (non-hydrogen) atoms. The van der Waals surface area contributed by atoms with Crippen LogP contribution in [0.3, 0.4) is 0 Å². The Balaban J connectivity index is 1.87. The summed E-state index contributed by atoms with van der Waals surface area (Å²) in [4.78, 5) is 7.74. The van der Waals surface area contributed by atoms with E-state index in [0.29, 0.717) is 11.9 Å². The van der Waals surface area contributed by atoms with Gasteiger partial charge in [0.05, 0.1) is 0 Å². The summed E-state index contributed by atoms with van der Waals surface area (Å²) in [5.41, 5.74) is 1.09. The van der Waals surface area contributed by atoms with Crippen LogP contribution in [0.25, 0.3) is 0 Å². The Kier molecular flexibility index (Phi) is 5.77. The first-order valence-electron chi connectivity index (χ1n) is 8.68. The fourth-order valence-electron chi connectivity index (χ4n) is 2.59. The highest BCUT2D eigenvalue weighted by Gasteiger charge is 2.35. The van der Waals surface area contributed by atoms with Crippen LogP contribution in [0.4, 0.5) is 40.7 Å². The average Bonchev–Trinajstić information content (AvgIpc) is 2.65. The summed E-state index contributed by atoms with van der Waals surface area (Å²) in [6.07, 6.45) is -1.95. The second kappa shape index (κ2) is 8.24. The van der Waals surface area contributed by atoms with E-state index in [1.54, 1.807) is 0 Å². The molecule has 8 heteroatoms. The number of hydrogen-bond acceptors (Lipinski definition) is 4. The monoisotopic (exact) mass is 390 g/mol. The van der Waals surface area contributed by atoms with Crippen molar-refractivity contribution in [2.24, 2.45) is 0 Å². The van der Waals surface area contributed by atoms with Gasteiger partial charge in [-0.3, -0.25) is 0 Å². The average molecular weight is 390 g/mol. The normalized spacial score (nSPS) is 11.3. The zero-order valence-electron chi connectivity index (χ0n) is 15.0. The van der Waals surface area contributed by atoms with Crippen LogP contribution in [0, 0.1) is 5.82 Å². The van der Waals surface area contributed by atoms with E-state index in [1.165, 1.54) is 17.7 Å². The van der Waals surface area contributed by atoms with Gasteiger partial charge in [0.25, 0.3) is 0 Å². The maximum atomic E-state index is 13.3. The fraction of sp³-hybridized carbons (Fsp3) is 0.200. The van der Waals surface area contributed by atoms with Crippen molar-refractivity contribution in [3.8, 4) is 0 Å². The number of benzene rings is 2. The van der Waals surface area contributed by atoms with Crippen molar-refractivity contribution in [3.05, 3.63) is 71.7 Å². The van der Waals surface area contributed by atoms with Gasteiger partial charge in [-0.2, -0.15) is 18.2 Å². The number of nitrogens with one attached hydrogen (secondary N) is 2. The molecule has 0 fully saturated rings. The van der Waals surface area contributed by atoms with Gasteiger partial charge in [0.2, 0.25) is 5.95 Å². The lowest BCUT2D eigenvalue weighted by atomic mass is 10.1. The topological polar surface area (TPSA) is 49.8 Å². The lowest BCUT2D eigenvalue weighted by Gasteiger charge is -2.15. The van der Waals surface area contributed by atoms with Crippen LogP contribution in [0.2, 0.25) is 0 Å². The molecular weight excluding hydrogens is 372 g/mol. The summed E-state index contributed by atoms with van der Waals surface area (Å²) in [5, 5.41) is 5.48. The highest BCUT2D eigenvalue weighted by atomic mass is 19.4. The third-order valence-corrected chi connectivity index (χ3v) is 3.95. The van der Waals surface area contributed by atoms with E-state index in [-0.39, 0.29) is 11.6 Å². The molecule has 3 rings (SSSR count). The molecule has 0 aliphatic carbocycles. The molecular formula is C20H18F4N4. The molecule has 4 nitrogen and oxygen atoms in total. The number of halogens is 4. The summed E-state index contributed by atoms with van der Waals surface area (Å²) in [5.74, 6) is -0.891. The maximum absolute atomic E-state index is 13.3. The van der Waals surface area contributed by atoms with Crippen LogP contribution in [-0.4, -0.2) is 9.97 Å². The van der Waals surface area contributed by atoms with Crippen molar-refractivity contribution in [1.29, 1.82) is 0 Å². The van der Waals surface area contributed by atoms with Gasteiger partial charge in [0.15, 0.2) is 0 Å². The third-order valence-electron chi connectivity index (χ3n) is 3.95. The highest BCUT2D eigenvalue weighted by Crippen LogP contribution is 2.35. The van der Waals surface area contributed by atoms with Crippen molar-refractivity contribution in [2.45, 2.75) is 25.9 Å². The Morgan fingerprint density at radius 1 is 0.893 bits per heavy atom. The summed E-state index contributed by atoms with van der Waals surface area (Å²) < 4.78 is 52.9. The minimum Gasteiger partial charge on any atom is -0.340 e. The minimum absolute atomic E-state index is 0.0147. The number of alkyl halides is 3. The fourth-order valence-corrected chi connectivity index (χ4v) is 2.59. The number of aromatic nitrogens is 2. The Morgan fingerprint density at radius 3 is 2.11 bits per heavy atom. The number of anilines is 4. The van der Waals surface area contributed by atoms with E-state index in [4.69, 9.17) is 0 Å². The molecule has 0 atom stereocenters. The molecule has 0 aliphatic heterocycles. The van der Waals surface area contributed by atoms with Crippen molar-refractivity contribution in [1.82, 2.24) is 9.97 Å². The van der Waals surface area contributed by atoms with Crippen LogP contribution in [0.15, 0.2) is 54.7 Å². The highest BCUT2D eigenvalue weighted by molar-refractivity contribution is 5.62. The molecule has 0 radical (unpaired) electrons. The first kappa shape index (κ1) is 19.6. The van der Waals surface area contributed by atoms with Crippen LogP contribution in [-0.2, 0) is 12.6 Å². The first-order chi connectivity index (χ1) is 13.3. The lowest BCUT2D eigenvalue weighted by molar-refractivity contribution is -0.137. The molecule has 0 aliphatic rings. The van der Waals surface area contributed by atoms with Crippen LogP contribution in [0.5, 0.6) is 0 Å². The third kappa shape index (κ3) is 4.97. The minimum atomic E-state index is -4.64.